The summed E-state index contributed by atoms with van der Waals surface area (Å²) < 4.78 is 70.9. The summed E-state index contributed by atoms with van der Waals surface area (Å²) in [6, 6.07) is 1.82. The van der Waals surface area contributed by atoms with Crippen LogP contribution >= 0.6 is 0 Å². The fourth-order valence-corrected chi connectivity index (χ4v) is 4.45. The van der Waals surface area contributed by atoms with Crippen molar-refractivity contribution in [2.24, 2.45) is 14.1 Å². The van der Waals surface area contributed by atoms with Crippen LogP contribution in [0.3, 0.4) is 0 Å². The van der Waals surface area contributed by atoms with E-state index in [1.165, 1.54) is 27.5 Å². The van der Waals surface area contributed by atoms with Gasteiger partial charge in [-0.05, 0) is 18.6 Å². The minimum atomic E-state index is -2.84. The van der Waals surface area contributed by atoms with E-state index in [1.807, 2.05) is 0 Å². The van der Waals surface area contributed by atoms with Crippen molar-refractivity contribution in [3.63, 3.8) is 0 Å². The van der Waals surface area contributed by atoms with Crippen LogP contribution in [0.4, 0.5) is 22.0 Å². The standard InChI is InChI=1S/C21H18F5N5O/c1-29-19(13-7-21(13,25)26)12(8-27-29)20(32)31-4-3-11-16(9-31)28-30(2)18(11)10-5-14(22)17(24)15(23)6-10/h5-6,8,13H,3-4,7,9H2,1-2H3. The van der Waals surface area contributed by atoms with Crippen LogP contribution in [0.5, 0.6) is 0 Å². The summed E-state index contributed by atoms with van der Waals surface area (Å²) in [4.78, 5) is 14.6. The fourth-order valence-electron chi connectivity index (χ4n) is 4.45. The van der Waals surface area contributed by atoms with Crippen molar-refractivity contribution in [3.05, 3.63) is 58.3 Å². The first kappa shape index (κ1) is 20.7. The highest BCUT2D eigenvalue weighted by Gasteiger charge is 2.60. The average molecular weight is 451 g/mol. The quantitative estimate of drug-likeness (QED) is 0.452. The lowest BCUT2D eigenvalue weighted by molar-refractivity contribution is 0.0729. The number of nitrogens with zero attached hydrogens (tertiary/aromatic N) is 5. The predicted molar refractivity (Wildman–Crippen MR) is 102 cm³/mol. The average Bonchev–Trinajstić information content (AvgIpc) is 3.05. The Morgan fingerprint density at radius 1 is 1.12 bits per heavy atom. The van der Waals surface area contributed by atoms with Crippen molar-refractivity contribution in [2.45, 2.75) is 31.2 Å². The van der Waals surface area contributed by atoms with E-state index in [0.717, 1.165) is 12.1 Å². The van der Waals surface area contributed by atoms with Gasteiger partial charge in [0.25, 0.3) is 11.8 Å². The largest absolute Gasteiger partial charge is 0.332 e. The lowest BCUT2D eigenvalue weighted by Gasteiger charge is -2.26. The first-order chi connectivity index (χ1) is 15.1. The van der Waals surface area contributed by atoms with E-state index in [2.05, 4.69) is 10.2 Å². The molecule has 6 nitrogen and oxygen atoms in total. The second-order valence-electron chi connectivity index (χ2n) is 8.21. The topological polar surface area (TPSA) is 56.0 Å². The van der Waals surface area contributed by atoms with E-state index in [-0.39, 0.29) is 36.3 Å². The maximum atomic E-state index is 13.8. The Balaban J connectivity index is 1.45. The molecular formula is C21H18F5N5O. The molecule has 1 saturated carbocycles. The zero-order chi connectivity index (χ0) is 22.9. The Kier molecular flexibility index (Phi) is 4.44. The number of fused-ring (bicyclic) bond motifs is 1. The number of halogens is 5. The normalized spacial score (nSPS) is 19.2. The number of carbonyl (C=O) groups excluding carboxylic acids is 1. The number of aryl methyl sites for hydroxylation is 2. The molecule has 1 amide bonds. The zero-order valence-electron chi connectivity index (χ0n) is 17.2. The highest BCUT2D eigenvalue weighted by Crippen LogP contribution is 2.56. The molecule has 11 heteroatoms. The number of hydrogen-bond donors (Lipinski definition) is 0. The van der Waals surface area contributed by atoms with E-state index >= 15 is 0 Å². The molecule has 5 rings (SSSR count). The second-order valence-corrected chi connectivity index (χ2v) is 8.21. The third-order valence-electron chi connectivity index (χ3n) is 6.12. The highest BCUT2D eigenvalue weighted by molar-refractivity contribution is 5.95. The Bertz CT molecular complexity index is 1240. The van der Waals surface area contributed by atoms with Crippen LogP contribution in [0, 0.1) is 17.5 Å². The summed E-state index contributed by atoms with van der Waals surface area (Å²) in [6.07, 6.45) is 1.32. The van der Waals surface area contributed by atoms with E-state index in [0.29, 0.717) is 23.4 Å². The first-order valence-corrected chi connectivity index (χ1v) is 9.97. The van der Waals surface area contributed by atoms with Crippen LogP contribution in [-0.4, -0.2) is 42.8 Å². The molecule has 1 aliphatic heterocycles. The van der Waals surface area contributed by atoms with Gasteiger partial charge in [0.1, 0.15) is 0 Å². The highest BCUT2D eigenvalue weighted by atomic mass is 19.3. The zero-order valence-corrected chi connectivity index (χ0v) is 17.2. The fraction of sp³-hybridized carbons (Fsp3) is 0.381. The van der Waals surface area contributed by atoms with Gasteiger partial charge in [-0.1, -0.05) is 0 Å². The number of benzene rings is 1. The van der Waals surface area contributed by atoms with Crippen molar-refractivity contribution < 1.29 is 26.7 Å². The summed E-state index contributed by atoms with van der Waals surface area (Å²) in [5, 5.41) is 8.38. The van der Waals surface area contributed by atoms with Gasteiger partial charge in [-0.25, -0.2) is 22.0 Å². The summed E-state index contributed by atoms with van der Waals surface area (Å²) in [7, 11) is 3.12. The molecule has 1 aliphatic carbocycles. The molecule has 3 heterocycles. The molecule has 3 aromatic rings. The molecular weight excluding hydrogens is 433 g/mol. The van der Waals surface area contributed by atoms with Crippen molar-refractivity contribution in [2.75, 3.05) is 6.54 Å². The minimum Gasteiger partial charge on any atom is -0.332 e. The molecule has 0 spiro atoms. The Labute approximate surface area is 179 Å². The molecule has 32 heavy (non-hydrogen) atoms. The second kappa shape index (κ2) is 6.88. The Morgan fingerprint density at radius 2 is 1.78 bits per heavy atom. The van der Waals surface area contributed by atoms with Crippen molar-refractivity contribution >= 4 is 5.91 Å². The maximum Gasteiger partial charge on any atom is 0.257 e. The third-order valence-corrected chi connectivity index (χ3v) is 6.12. The molecule has 0 saturated heterocycles. The van der Waals surface area contributed by atoms with Gasteiger partial charge in [0.15, 0.2) is 17.5 Å². The number of aromatic nitrogens is 4. The molecule has 1 fully saturated rings. The number of amides is 1. The molecule has 1 unspecified atom stereocenters. The van der Waals surface area contributed by atoms with Crippen LogP contribution in [0.1, 0.15) is 39.6 Å². The van der Waals surface area contributed by atoms with Gasteiger partial charge in [0.2, 0.25) is 0 Å². The van der Waals surface area contributed by atoms with Gasteiger partial charge < -0.3 is 4.90 Å². The Morgan fingerprint density at radius 3 is 2.41 bits per heavy atom. The van der Waals surface area contributed by atoms with Crippen LogP contribution < -0.4 is 0 Å². The van der Waals surface area contributed by atoms with Gasteiger partial charge in [-0.15, -0.1) is 0 Å². The lowest BCUT2D eigenvalue weighted by atomic mass is 9.99. The summed E-state index contributed by atoms with van der Waals surface area (Å²) in [5.74, 6) is -8.44. The van der Waals surface area contributed by atoms with Gasteiger partial charge in [0.05, 0.1) is 41.3 Å². The monoisotopic (exact) mass is 451 g/mol. The van der Waals surface area contributed by atoms with Crippen LogP contribution in [0.2, 0.25) is 0 Å². The molecule has 2 aliphatic rings. The minimum absolute atomic E-state index is 0.101. The third kappa shape index (κ3) is 3.09. The van der Waals surface area contributed by atoms with Gasteiger partial charge in [-0.2, -0.15) is 10.2 Å². The van der Waals surface area contributed by atoms with E-state index in [9.17, 15) is 26.7 Å². The number of rotatable bonds is 3. The number of carbonyl (C=O) groups is 1. The van der Waals surface area contributed by atoms with E-state index in [1.54, 1.807) is 7.05 Å². The maximum absolute atomic E-state index is 13.8. The van der Waals surface area contributed by atoms with Crippen LogP contribution in [0.15, 0.2) is 18.3 Å². The van der Waals surface area contributed by atoms with E-state index < -0.39 is 35.2 Å². The van der Waals surface area contributed by atoms with E-state index in [4.69, 9.17) is 0 Å². The van der Waals surface area contributed by atoms with Gasteiger partial charge in [0, 0.05) is 38.2 Å². The molecule has 1 atom stereocenters. The lowest BCUT2D eigenvalue weighted by Crippen LogP contribution is -2.36. The molecule has 168 valence electrons. The van der Waals surface area contributed by atoms with Crippen molar-refractivity contribution in [1.29, 1.82) is 0 Å². The molecule has 0 radical (unpaired) electrons. The van der Waals surface area contributed by atoms with Gasteiger partial charge >= 0.3 is 0 Å². The molecule has 0 N–H and O–H groups in total. The summed E-state index contributed by atoms with van der Waals surface area (Å²) in [5.41, 5.74) is 2.14. The first-order valence-electron chi connectivity index (χ1n) is 9.97. The summed E-state index contributed by atoms with van der Waals surface area (Å²) in [6.45, 7) is 0.357. The SMILES string of the molecule is Cn1nc2c(c1-c1cc(F)c(F)c(F)c1)CCN(C(=O)c1cnn(C)c1C1CC1(F)F)C2. The molecule has 1 aromatic carbocycles. The number of hydrogen-bond acceptors (Lipinski definition) is 3. The summed E-state index contributed by atoms with van der Waals surface area (Å²) >= 11 is 0. The van der Waals surface area contributed by atoms with Crippen molar-refractivity contribution in [1.82, 2.24) is 24.5 Å². The number of alkyl halides is 2. The smallest absolute Gasteiger partial charge is 0.257 e. The van der Waals surface area contributed by atoms with Gasteiger partial charge in [-0.3, -0.25) is 14.2 Å². The van der Waals surface area contributed by atoms with Crippen LogP contribution in [0.25, 0.3) is 11.3 Å². The van der Waals surface area contributed by atoms with Crippen molar-refractivity contribution in [3.8, 4) is 11.3 Å². The molecule has 2 aromatic heterocycles. The Hall–Kier alpha value is -3.24. The predicted octanol–water partition coefficient (Wildman–Crippen LogP) is 3.56. The molecule has 0 bridgehead atoms. The van der Waals surface area contributed by atoms with Crippen LogP contribution in [-0.2, 0) is 27.1 Å².